The lowest BCUT2D eigenvalue weighted by Crippen LogP contribution is -2.47. The molecule has 2 rings (SSSR count). The Labute approximate surface area is 156 Å². The maximum Gasteiger partial charge on any atom is 0.251 e. The summed E-state index contributed by atoms with van der Waals surface area (Å²) in [6.07, 6.45) is 0. The van der Waals surface area contributed by atoms with Gasteiger partial charge in [0, 0.05) is 5.56 Å². The van der Waals surface area contributed by atoms with Crippen LogP contribution in [0.2, 0.25) is 5.02 Å². The van der Waals surface area contributed by atoms with Gasteiger partial charge >= 0.3 is 0 Å². The maximum atomic E-state index is 14.0. The summed E-state index contributed by atoms with van der Waals surface area (Å²) in [5, 5.41) is 5.06. The lowest BCUT2D eigenvalue weighted by molar-refractivity contribution is -0.118. The first-order chi connectivity index (χ1) is 12.3. The Bertz CT molecular complexity index is 794. The topological polar surface area (TPSA) is 67.4 Å². The predicted octanol–water partition coefficient (Wildman–Crippen LogP) is 3.88. The molecule has 2 amide bonds. The van der Waals surface area contributed by atoms with E-state index >= 15 is 0 Å². The fraction of sp³-hybridized carbons (Fsp3) is 0.263. The van der Waals surface area contributed by atoms with Crippen LogP contribution in [0.15, 0.2) is 42.5 Å². The Balaban J connectivity index is 2.13. The molecule has 0 bridgehead atoms. The molecule has 1 unspecified atom stereocenters. The number of nitrogens with one attached hydrogen (secondary N) is 2. The number of hydrogen-bond donors (Lipinski definition) is 2. The number of carbonyl (C=O) groups is 2. The van der Waals surface area contributed by atoms with Crippen molar-refractivity contribution in [3.8, 4) is 5.75 Å². The summed E-state index contributed by atoms with van der Waals surface area (Å²) in [7, 11) is 1.53. The Hall–Kier alpha value is -2.60. The maximum absolute atomic E-state index is 14.0. The van der Waals surface area contributed by atoms with E-state index in [0.29, 0.717) is 11.3 Å². The highest BCUT2D eigenvalue weighted by Gasteiger charge is 2.25. The molecule has 0 saturated heterocycles. The zero-order valence-corrected chi connectivity index (χ0v) is 15.4. The summed E-state index contributed by atoms with van der Waals surface area (Å²) >= 11 is 5.72. The summed E-state index contributed by atoms with van der Waals surface area (Å²) < 4.78 is 19.0. The minimum atomic E-state index is -0.844. The van der Waals surface area contributed by atoms with Crippen molar-refractivity contribution in [2.45, 2.75) is 19.9 Å². The van der Waals surface area contributed by atoms with Crippen molar-refractivity contribution in [3.63, 3.8) is 0 Å². The van der Waals surface area contributed by atoms with Crippen LogP contribution in [0.25, 0.3) is 0 Å². The smallest absolute Gasteiger partial charge is 0.251 e. The third-order valence-electron chi connectivity index (χ3n) is 3.80. The highest BCUT2D eigenvalue weighted by atomic mass is 35.5. The average molecular weight is 379 g/mol. The second kappa shape index (κ2) is 8.67. The molecule has 5 nitrogen and oxygen atoms in total. The van der Waals surface area contributed by atoms with Gasteiger partial charge in [0.05, 0.1) is 17.8 Å². The van der Waals surface area contributed by atoms with Gasteiger partial charge in [-0.2, -0.15) is 0 Å². The normalized spacial score (nSPS) is 11.8. The van der Waals surface area contributed by atoms with E-state index in [-0.39, 0.29) is 16.6 Å². The number of amides is 2. The van der Waals surface area contributed by atoms with E-state index in [1.807, 2.05) is 0 Å². The van der Waals surface area contributed by atoms with Crippen molar-refractivity contribution in [3.05, 3.63) is 58.9 Å². The van der Waals surface area contributed by atoms with Gasteiger partial charge in [0.2, 0.25) is 5.91 Å². The van der Waals surface area contributed by atoms with Crippen molar-refractivity contribution in [1.82, 2.24) is 5.32 Å². The molecule has 138 valence electrons. The third kappa shape index (κ3) is 4.73. The van der Waals surface area contributed by atoms with Gasteiger partial charge in [-0.25, -0.2) is 4.39 Å². The Morgan fingerprint density at radius 3 is 2.35 bits per heavy atom. The summed E-state index contributed by atoms with van der Waals surface area (Å²) in [5.74, 6) is -1.24. The van der Waals surface area contributed by atoms with E-state index in [1.165, 1.54) is 25.3 Å². The molecular weight excluding hydrogens is 359 g/mol. The zero-order valence-electron chi connectivity index (χ0n) is 14.7. The van der Waals surface area contributed by atoms with Gasteiger partial charge in [-0.15, -0.1) is 0 Å². The lowest BCUT2D eigenvalue weighted by atomic mass is 10.0. The minimum Gasteiger partial charge on any atom is -0.497 e. The molecule has 2 aromatic carbocycles. The molecular formula is C19H20ClFN2O3. The van der Waals surface area contributed by atoms with Gasteiger partial charge in [0.25, 0.3) is 5.91 Å². The molecule has 7 heteroatoms. The number of ether oxygens (including phenoxy) is 1. The largest absolute Gasteiger partial charge is 0.497 e. The van der Waals surface area contributed by atoms with Gasteiger partial charge in [0.15, 0.2) is 5.82 Å². The summed E-state index contributed by atoms with van der Waals surface area (Å²) in [4.78, 5) is 24.9. The fourth-order valence-electron chi connectivity index (χ4n) is 2.31. The van der Waals surface area contributed by atoms with E-state index in [4.69, 9.17) is 16.3 Å². The summed E-state index contributed by atoms with van der Waals surface area (Å²) in [5.41, 5.74) is 0.352. The molecule has 0 fully saturated rings. The second-order valence-electron chi connectivity index (χ2n) is 6.01. The molecule has 0 radical (unpaired) electrons. The number of benzene rings is 2. The van der Waals surface area contributed by atoms with E-state index in [0.717, 1.165) is 0 Å². The van der Waals surface area contributed by atoms with Crippen LogP contribution in [0.1, 0.15) is 24.2 Å². The minimum absolute atomic E-state index is 0.0353. The van der Waals surface area contributed by atoms with Crippen molar-refractivity contribution < 1.29 is 18.7 Å². The third-order valence-corrected chi connectivity index (χ3v) is 4.09. The zero-order chi connectivity index (χ0) is 19.3. The molecule has 0 heterocycles. The van der Waals surface area contributed by atoms with Gasteiger partial charge in [-0.3, -0.25) is 9.59 Å². The standard InChI is InChI=1S/C19H20ClFN2O3/c1-11(2)17(19(25)22-15-6-4-5-14(20)16(15)21)23-18(24)12-7-9-13(26-3)10-8-12/h4-11,17H,1-3H3,(H,22,25)(H,23,24). The van der Waals surface area contributed by atoms with Crippen LogP contribution >= 0.6 is 11.6 Å². The first-order valence-corrected chi connectivity index (χ1v) is 8.41. The van der Waals surface area contributed by atoms with Crippen LogP contribution in [-0.2, 0) is 4.79 Å². The summed E-state index contributed by atoms with van der Waals surface area (Å²) in [6.45, 7) is 3.57. The van der Waals surface area contributed by atoms with Crippen molar-refractivity contribution in [2.75, 3.05) is 12.4 Å². The fourth-order valence-corrected chi connectivity index (χ4v) is 2.49. The van der Waals surface area contributed by atoms with Gasteiger partial charge in [-0.1, -0.05) is 31.5 Å². The number of carbonyl (C=O) groups excluding carboxylic acids is 2. The van der Waals surface area contributed by atoms with E-state index in [9.17, 15) is 14.0 Å². The van der Waals surface area contributed by atoms with Crippen molar-refractivity contribution in [1.29, 1.82) is 0 Å². The SMILES string of the molecule is COc1ccc(C(=O)NC(C(=O)Nc2cccc(Cl)c2F)C(C)C)cc1. The van der Waals surface area contributed by atoms with Gasteiger partial charge in [0.1, 0.15) is 11.8 Å². The Morgan fingerprint density at radius 2 is 1.77 bits per heavy atom. The summed E-state index contributed by atoms with van der Waals surface area (Å²) in [6, 6.07) is 9.98. The molecule has 26 heavy (non-hydrogen) atoms. The molecule has 2 aromatic rings. The van der Waals surface area contributed by atoms with E-state index in [2.05, 4.69) is 10.6 Å². The number of anilines is 1. The van der Waals surface area contributed by atoms with Crippen LogP contribution < -0.4 is 15.4 Å². The second-order valence-corrected chi connectivity index (χ2v) is 6.42. The van der Waals surface area contributed by atoms with Crippen LogP contribution in [0.5, 0.6) is 5.75 Å². The molecule has 2 N–H and O–H groups in total. The van der Waals surface area contributed by atoms with Crippen LogP contribution in [-0.4, -0.2) is 25.0 Å². The molecule has 0 aliphatic carbocycles. The first kappa shape index (κ1) is 19.7. The molecule has 0 spiro atoms. The predicted molar refractivity (Wildman–Crippen MR) is 99.1 cm³/mol. The van der Waals surface area contributed by atoms with Crippen LogP contribution in [0, 0.1) is 11.7 Å². The molecule has 0 aliphatic heterocycles. The average Bonchev–Trinajstić information content (AvgIpc) is 2.63. The van der Waals surface area contributed by atoms with Crippen LogP contribution in [0.3, 0.4) is 0 Å². The molecule has 1 atom stereocenters. The number of rotatable bonds is 6. The number of hydrogen-bond acceptors (Lipinski definition) is 3. The van der Waals surface area contributed by atoms with Gasteiger partial charge in [-0.05, 0) is 42.3 Å². The molecule has 0 saturated carbocycles. The number of methoxy groups -OCH3 is 1. The Kier molecular flexibility index (Phi) is 6.58. The lowest BCUT2D eigenvalue weighted by Gasteiger charge is -2.22. The van der Waals surface area contributed by atoms with Crippen LogP contribution in [0.4, 0.5) is 10.1 Å². The quantitative estimate of drug-likeness (QED) is 0.801. The molecule has 0 aromatic heterocycles. The van der Waals surface area contributed by atoms with Crippen molar-refractivity contribution >= 4 is 29.1 Å². The van der Waals surface area contributed by atoms with E-state index < -0.39 is 23.7 Å². The van der Waals surface area contributed by atoms with Crippen molar-refractivity contribution in [2.24, 2.45) is 5.92 Å². The Morgan fingerprint density at radius 1 is 1.12 bits per heavy atom. The van der Waals surface area contributed by atoms with Gasteiger partial charge < -0.3 is 15.4 Å². The number of halogens is 2. The highest BCUT2D eigenvalue weighted by Crippen LogP contribution is 2.22. The first-order valence-electron chi connectivity index (χ1n) is 8.03. The molecule has 0 aliphatic rings. The monoisotopic (exact) mass is 378 g/mol. The van der Waals surface area contributed by atoms with E-state index in [1.54, 1.807) is 38.1 Å². The highest BCUT2D eigenvalue weighted by molar-refractivity contribution is 6.31.